The lowest BCUT2D eigenvalue weighted by atomic mass is 10.8. The fourth-order valence-corrected chi connectivity index (χ4v) is 0.132. The van der Waals surface area contributed by atoms with Gasteiger partial charge in [0.05, 0.1) is 6.07 Å². The van der Waals surface area contributed by atoms with Gasteiger partial charge < -0.3 is 0 Å². The molecule has 0 aliphatic rings. The minimum Gasteiger partial charge on any atom is -0.293 e. The molecule has 0 radical (unpaired) electrons. The number of carbonyl (C=O) groups is 1. The molecule has 0 saturated heterocycles. The third-order valence-corrected chi connectivity index (χ3v) is 0.328. The van der Waals surface area contributed by atoms with E-state index < -0.39 is 0 Å². The highest BCUT2D eigenvalue weighted by atomic mass is 16.1. The fourth-order valence-electron chi connectivity index (χ4n) is 0.132. The smallest absolute Gasteiger partial charge is 0.221 e. The average Bonchev–Trinajstić information content (AvgIpc) is 1.69. The Morgan fingerprint density at radius 3 is 3.00 bits per heavy atom. The molecule has 0 aliphatic heterocycles. The lowest BCUT2D eigenvalue weighted by molar-refractivity contribution is -0.110. The third kappa shape index (κ3) is 4.92. The average molecular weight is 99.1 g/mol. The zero-order chi connectivity index (χ0) is 5.54. The molecule has 4 heteroatoms. The number of hydrazine groups is 1. The number of amides is 1. The van der Waals surface area contributed by atoms with Crippen LogP contribution in [0, 0.1) is 11.3 Å². The van der Waals surface area contributed by atoms with Gasteiger partial charge in [0.15, 0.2) is 0 Å². The molecule has 38 valence electrons. The van der Waals surface area contributed by atoms with Gasteiger partial charge in [-0.2, -0.15) is 5.26 Å². The van der Waals surface area contributed by atoms with E-state index in [1.54, 1.807) is 6.07 Å². The largest absolute Gasteiger partial charge is 0.293 e. The van der Waals surface area contributed by atoms with Crippen LogP contribution in [0.4, 0.5) is 0 Å². The van der Waals surface area contributed by atoms with Crippen LogP contribution in [0.3, 0.4) is 0 Å². The summed E-state index contributed by atoms with van der Waals surface area (Å²) < 4.78 is 0. The van der Waals surface area contributed by atoms with Crippen molar-refractivity contribution in [1.29, 1.82) is 5.26 Å². The molecule has 0 aromatic carbocycles. The van der Waals surface area contributed by atoms with Gasteiger partial charge in [0, 0.05) is 0 Å². The lowest BCUT2D eigenvalue weighted by Gasteiger charge is -1.89. The van der Waals surface area contributed by atoms with Crippen LogP contribution in [0.1, 0.15) is 0 Å². The standard InChI is InChI=1S/C3H5N3O/c4-1-2-5-6-3-7/h3,5H,2H2,(H,6,7). The highest BCUT2D eigenvalue weighted by Crippen LogP contribution is 1.40. The van der Waals surface area contributed by atoms with Gasteiger partial charge in [-0.1, -0.05) is 0 Å². The summed E-state index contributed by atoms with van der Waals surface area (Å²) in [5.74, 6) is 0. The summed E-state index contributed by atoms with van der Waals surface area (Å²) in [5, 5.41) is 7.82. The van der Waals surface area contributed by atoms with Crippen molar-refractivity contribution >= 4 is 6.41 Å². The van der Waals surface area contributed by atoms with Gasteiger partial charge in [-0.05, 0) is 0 Å². The van der Waals surface area contributed by atoms with Crippen LogP contribution in [0.15, 0.2) is 0 Å². The first-order valence-electron chi connectivity index (χ1n) is 1.71. The maximum absolute atomic E-state index is 9.40. The van der Waals surface area contributed by atoms with Crippen molar-refractivity contribution in [2.24, 2.45) is 0 Å². The van der Waals surface area contributed by atoms with Crippen molar-refractivity contribution in [3.8, 4) is 6.07 Å². The Morgan fingerprint density at radius 2 is 2.57 bits per heavy atom. The molecule has 0 atom stereocenters. The summed E-state index contributed by atoms with van der Waals surface area (Å²) in [6.07, 6.45) is 0.470. The molecular weight excluding hydrogens is 94.1 g/mol. The van der Waals surface area contributed by atoms with Gasteiger partial charge in [-0.25, -0.2) is 5.43 Å². The van der Waals surface area contributed by atoms with Crippen molar-refractivity contribution in [2.75, 3.05) is 6.54 Å². The summed E-state index contributed by atoms with van der Waals surface area (Å²) >= 11 is 0. The molecule has 1 amide bonds. The van der Waals surface area contributed by atoms with E-state index >= 15 is 0 Å². The van der Waals surface area contributed by atoms with Crippen molar-refractivity contribution in [2.45, 2.75) is 0 Å². The van der Waals surface area contributed by atoms with Gasteiger partial charge in [0.2, 0.25) is 6.41 Å². The maximum atomic E-state index is 9.40. The fraction of sp³-hybridized carbons (Fsp3) is 0.333. The predicted molar refractivity (Wildman–Crippen MR) is 22.8 cm³/mol. The molecule has 0 fully saturated rings. The highest BCUT2D eigenvalue weighted by molar-refractivity contribution is 5.44. The first-order valence-corrected chi connectivity index (χ1v) is 1.71. The molecule has 0 aromatic rings. The number of nitrogens with zero attached hydrogens (tertiary/aromatic N) is 1. The molecular formula is C3H5N3O. The second-order valence-electron chi connectivity index (χ2n) is 0.774. The summed E-state index contributed by atoms with van der Waals surface area (Å²) in [5.41, 5.74) is 4.40. The Balaban J connectivity index is 2.72. The zero-order valence-corrected chi connectivity index (χ0v) is 3.64. The number of rotatable bonds is 3. The van der Waals surface area contributed by atoms with E-state index in [0.29, 0.717) is 6.41 Å². The Labute approximate surface area is 41.1 Å². The highest BCUT2D eigenvalue weighted by Gasteiger charge is 1.71. The van der Waals surface area contributed by atoms with Gasteiger partial charge in [0.25, 0.3) is 0 Å². The second-order valence-corrected chi connectivity index (χ2v) is 0.774. The van der Waals surface area contributed by atoms with E-state index in [9.17, 15) is 4.79 Å². The van der Waals surface area contributed by atoms with Crippen molar-refractivity contribution in [1.82, 2.24) is 10.9 Å². The third-order valence-electron chi connectivity index (χ3n) is 0.328. The van der Waals surface area contributed by atoms with E-state index in [1.807, 2.05) is 0 Å². The second kappa shape index (κ2) is 4.92. The number of hydrogen-bond donors (Lipinski definition) is 2. The quantitative estimate of drug-likeness (QED) is 0.201. The maximum Gasteiger partial charge on any atom is 0.221 e. The topological polar surface area (TPSA) is 64.9 Å². The zero-order valence-electron chi connectivity index (χ0n) is 3.64. The van der Waals surface area contributed by atoms with Crippen LogP contribution in [0.2, 0.25) is 0 Å². The van der Waals surface area contributed by atoms with Crippen LogP contribution in [0.25, 0.3) is 0 Å². The number of nitriles is 1. The minimum atomic E-state index is 0.138. The van der Waals surface area contributed by atoms with E-state index in [2.05, 4.69) is 10.9 Å². The van der Waals surface area contributed by atoms with Crippen LogP contribution in [0.5, 0.6) is 0 Å². The number of carbonyl (C=O) groups excluding carboxylic acids is 1. The number of nitrogens with one attached hydrogen (secondary N) is 2. The van der Waals surface area contributed by atoms with E-state index in [1.165, 1.54) is 0 Å². The Bertz CT molecular complexity index is 84.7. The van der Waals surface area contributed by atoms with Gasteiger partial charge >= 0.3 is 0 Å². The molecule has 0 spiro atoms. The molecule has 0 bridgehead atoms. The number of hydrogen-bond acceptors (Lipinski definition) is 3. The molecule has 0 aliphatic carbocycles. The first-order chi connectivity index (χ1) is 3.41. The Kier molecular flexibility index (Phi) is 4.16. The van der Waals surface area contributed by atoms with Crippen molar-refractivity contribution in [3.63, 3.8) is 0 Å². The molecule has 0 heterocycles. The SMILES string of the molecule is N#CCNNC=O. The molecule has 0 rings (SSSR count). The summed E-state index contributed by atoms with van der Waals surface area (Å²) in [7, 11) is 0. The first kappa shape index (κ1) is 5.92. The van der Waals surface area contributed by atoms with Gasteiger partial charge in [0.1, 0.15) is 6.54 Å². The summed E-state index contributed by atoms with van der Waals surface area (Å²) in [4.78, 5) is 9.40. The lowest BCUT2D eigenvalue weighted by Crippen LogP contribution is -2.30. The summed E-state index contributed by atoms with van der Waals surface area (Å²) in [6.45, 7) is 0.138. The molecule has 0 saturated carbocycles. The van der Waals surface area contributed by atoms with Gasteiger partial charge in [-0.15, -0.1) is 0 Å². The van der Waals surface area contributed by atoms with E-state index in [0.717, 1.165) is 0 Å². The van der Waals surface area contributed by atoms with Crippen LogP contribution >= 0.6 is 0 Å². The minimum absolute atomic E-state index is 0.138. The predicted octanol–water partition coefficient (Wildman–Crippen LogP) is -1.24. The van der Waals surface area contributed by atoms with Crippen molar-refractivity contribution in [3.05, 3.63) is 0 Å². The monoisotopic (exact) mass is 99.0 g/mol. The molecule has 0 aromatic heterocycles. The molecule has 7 heavy (non-hydrogen) atoms. The normalized spacial score (nSPS) is 6.71. The van der Waals surface area contributed by atoms with Crippen LogP contribution < -0.4 is 10.9 Å². The Morgan fingerprint density at radius 1 is 1.86 bits per heavy atom. The molecule has 0 unspecified atom stereocenters. The van der Waals surface area contributed by atoms with E-state index in [4.69, 9.17) is 5.26 Å². The van der Waals surface area contributed by atoms with Crippen LogP contribution in [-0.2, 0) is 4.79 Å². The van der Waals surface area contributed by atoms with E-state index in [-0.39, 0.29) is 6.54 Å². The van der Waals surface area contributed by atoms with Crippen LogP contribution in [-0.4, -0.2) is 13.0 Å². The molecule has 2 N–H and O–H groups in total. The van der Waals surface area contributed by atoms with Gasteiger partial charge in [-0.3, -0.25) is 10.2 Å². The summed E-state index contributed by atoms with van der Waals surface area (Å²) in [6, 6.07) is 1.77. The van der Waals surface area contributed by atoms with Crippen molar-refractivity contribution < 1.29 is 4.79 Å². The Hall–Kier alpha value is -1.08. The molecule has 4 nitrogen and oxygen atoms in total.